The van der Waals surface area contributed by atoms with E-state index in [0.717, 1.165) is 0 Å². The second-order valence-corrected chi connectivity index (χ2v) is 5.53. The van der Waals surface area contributed by atoms with Gasteiger partial charge >= 0.3 is 0 Å². The third kappa shape index (κ3) is 6.34. The zero-order valence-electron chi connectivity index (χ0n) is 13.1. The molecule has 0 heterocycles. The summed E-state index contributed by atoms with van der Waals surface area (Å²) in [5.41, 5.74) is 1.84. The molecule has 0 spiro atoms. The van der Waals surface area contributed by atoms with Gasteiger partial charge in [0.1, 0.15) is 6.04 Å². The molecular weight excluding hydrogens is 338 g/mol. The lowest BCUT2D eigenvalue weighted by Crippen LogP contribution is -2.48. The predicted octanol–water partition coefficient (Wildman–Crippen LogP) is 0.118. The van der Waals surface area contributed by atoms with Crippen molar-refractivity contribution >= 4 is 23.1 Å². The lowest BCUT2D eigenvalue weighted by atomic mass is 10.2. The number of nitrogens with one attached hydrogen (secondary N) is 2. The van der Waals surface area contributed by atoms with Crippen molar-refractivity contribution in [1.82, 2.24) is 15.3 Å². The van der Waals surface area contributed by atoms with Gasteiger partial charge in [-0.1, -0.05) is 25.1 Å². The highest BCUT2D eigenvalue weighted by molar-refractivity contribution is 7.76. The van der Waals surface area contributed by atoms with Gasteiger partial charge < -0.3 is 9.87 Å². The number of carbonyl (C=O) groups excluding carboxylic acids is 2. The van der Waals surface area contributed by atoms with Crippen LogP contribution in [-0.2, 0) is 20.9 Å². The van der Waals surface area contributed by atoms with E-state index in [0.29, 0.717) is 16.5 Å². The van der Waals surface area contributed by atoms with Crippen molar-refractivity contribution < 1.29 is 28.4 Å². The van der Waals surface area contributed by atoms with Gasteiger partial charge in [-0.25, -0.2) is 5.48 Å². The predicted molar refractivity (Wildman–Crippen MR) is 84.1 cm³/mol. The summed E-state index contributed by atoms with van der Waals surface area (Å²) in [6.45, 7) is 1.86. The van der Waals surface area contributed by atoms with Crippen LogP contribution in [0.15, 0.2) is 30.3 Å². The highest BCUT2D eigenvalue weighted by Gasteiger charge is 2.28. The maximum absolute atomic E-state index is 11.9. The molecule has 0 aliphatic rings. The Morgan fingerprint density at radius 1 is 1.38 bits per heavy atom. The van der Waals surface area contributed by atoms with Gasteiger partial charge in [-0.3, -0.25) is 23.8 Å². The van der Waals surface area contributed by atoms with Crippen LogP contribution in [0.5, 0.6) is 0 Å². The van der Waals surface area contributed by atoms with Crippen molar-refractivity contribution in [2.24, 2.45) is 0 Å². The van der Waals surface area contributed by atoms with Crippen molar-refractivity contribution in [2.45, 2.75) is 25.8 Å². The van der Waals surface area contributed by atoms with Crippen molar-refractivity contribution in [2.75, 3.05) is 13.2 Å². The molecule has 0 aliphatic heterocycles. The van der Waals surface area contributed by atoms with E-state index in [1.807, 2.05) is 0 Å². The lowest BCUT2D eigenvalue weighted by Gasteiger charge is -2.30. The third-order valence-electron chi connectivity index (χ3n) is 2.98. The van der Waals surface area contributed by atoms with Crippen molar-refractivity contribution in [3.8, 4) is 0 Å². The largest absolute Gasteiger partial charge is 0.758 e. The van der Waals surface area contributed by atoms with Crippen molar-refractivity contribution in [3.05, 3.63) is 35.9 Å². The van der Waals surface area contributed by atoms with E-state index in [1.54, 1.807) is 37.3 Å². The summed E-state index contributed by atoms with van der Waals surface area (Å²) >= 11 is -2.83. The van der Waals surface area contributed by atoms with E-state index in [4.69, 9.17) is 10.0 Å². The van der Waals surface area contributed by atoms with Gasteiger partial charge in [0.25, 0.3) is 11.8 Å². The molecule has 0 fully saturated rings. The average molecular weight is 358 g/mol. The Morgan fingerprint density at radius 2 is 2.04 bits per heavy atom. The molecule has 0 aromatic heterocycles. The van der Waals surface area contributed by atoms with E-state index in [9.17, 15) is 18.4 Å². The molecule has 10 heteroatoms. The fourth-order valence-corrected chi connectivity index (χ4v) is 2.41. The molecule has 0 saturated heterocycles. The summed E-state index contributed by atoms with van der Waals surface area (Å²) < 4.78 is 23.0. The zero-order valence-corrected chi connectivity index (χ0v) is 14.0. The van der Waals surface area contributed by atoms with Crippen molar-refractivity contribution in [3.63, 3.8) is 0 Å². The molecule has 0 saturated carbocycles. The molecule has 1 rings (SSSR count). The number of amides is 2. The van der Waals surface area contributed by atoms with Crippen LogP contribution in [0.1, 0.15) is 30.1 Å². The maximum atomic E-state index is 11.9. The normalized spacial score (nSPS) is 13.3. The van der Waals surface area contributed by atoms with Crippen LogP contribution in [0.4, 0.5) is 0 Å². The van der Waals surface area contributed by atoms with Crippen LogP contribution in [-0.4, -0.2) is 49.4 Å². The molecule has 0 bridgehead atoms. The van der Waals surface area contributed by atoms with Gasteiger partial charge in [0.05, 0.1) is 6.61 Å². The van der Waals surface area contributed by atoms with Gasteiger partial charge in [0, 0.05) is 23.4 Å². The van der Waals surface area contributed by atoms with Gasteiger partial charge in [-0.2, -0.15) is 0 Å². The minimum Gasteiger partial charge on any atom is -0.758 e. The Labute approximate surface area is 142 Å². The summed E-state index contributed by atoms with van der Waals surface area (Å²) in [5.74, 6) is -1.31. The van der Waals surface area contributed by atoms with Gasteiger partial charge in [-0.05, 0) is 25.0 Å². The molecule has 1 aromatic carbocycles. The van der Waals surface area contributed by atoms with E-state index in [-0.39, 0.29) is 25.5 Å². The van der Waals surface area contributed by atoms with Crippen LogP contribution >= 0.6 is 0 Å². The molecule has 1 unspecified atom stereocenters. The van der Waals surface area contributed by atoms with E-state index in [1.165, 1.54) is 5.48 Å². The molecule has 0 aliphatic carbocycles. The number of nitrogens with zero attached hydrogens (tertiary/aromatic N) is 1. The van der Waals surface area contributed by atoms with E-state index < -0.39 is 23.2 Å². The Bertz CT molecular complexity index is 557. The van der Waals surface area contributed by atoms with E-state index in [2.05, 4.69) is 5.32 Å². The Balaban J connectivity index is 2.67. The molecule has 24 heavy (non-hydrogen) atoms. The quantitative estimate of drug-likeness (QED) is 0.309. The summed E-state index contributed by atoms with van der Waals surface area (Å²) in [6, 6.07) is 7.12. The smallest absolute Gasteiger partial charge is 0.264 e. The van der Waals surface area contributed by atoms with Gasteiger partial charge in [0.15, 0.2) is 0 Å². The van der Waals surface area contributed by atoms with Crippen LogP contribution in [0.25, 0.3) is 0 Å². The SMILES string of the molecule is CCCON([C@H](CCNC(=O)c1ccccc1)C(=O)NO)S(=O)[O-]. The number of hydroxylamine groups is 2. The number of rotatable bonds is 10. The first-order valence-electron chi connectivity index (χ1n) is 7.30. The summed E-state index contributed by atoms with van der Waals surface area (Å²) in [7, 11) is 0. The zero-order chi connectivity index (χ0) is 17.9. The van der Waals surface area contributed by atoms with E-state index >= 15 is 0 Å². The molecule has 2 atom stereocenters. The molecule has 3 N–H and O–H groups in total. The Kier molecular flexibility index (Phi) is 9.12. The molecule has 134 valence electrons. The monoisotopic (exact) mass is 358 g/mol. The van der Waals surface area contributed by atoms with Crippen LogP contribution < -0.4 is 10.8 Å². The molecule has 2 amide bonds. The van der Waals surface area contributed by atoms with Crippen LogP contribution in [0.3, 0.4) is 0 Å². The second-order valence-electron chi connectivity index (χ2n) is 4.74. The second kappa shape index (κ2) is 10.8. The fourth-order valence-electron chi connectivity index (χ4n) is 1.84. The maximum Gasteiger partial charge on any atom is 0.264 e. The number of hydrogen-bond donors (Lipinski definition) is 3. The van der Waals surface area contributed by atoms with Crippen LogP contribution in [0.2, 0.25) is 0 Å². The highest BCUT2D eigenvalue weighted by atomic mass is 32.2. The van der Waals surface area contributed by atoms with Gasteiger partial charge in [0.2, 0.25) is 0 Å². The summed E-state index contributed by atoms with van der Waals surface area (Å²) in [5, 5.41) is 11.4. The Morgan fingerprint density at radius 3 is 2.58 bits per heavy atom. The first kappa shape index (κ1) is 20.2. The third-order valence-corrected chi connectivity index (χ3v) is 3.63. The minimum absolute atomic E-state index is 0.00893. The number of hydrogen-bond acceptors (Lipinski definition) is 6. The van der Waals surface area contributed by atoms with Gasteiger partial charge in [-0.15, -0.1) is 4.47 Å². The lowest BCUT2D eigenvalue weighted by molar-refractivity contribution is -0.155. The molecular formula is C14H20N3O6S-. The highest BCUT2D eigenvalue weighted by Crippen LogP contribution is 2.09. The Hall–Kier alpha value is -1.85. The molecule has 0 radical (unpaired) electrons. The fraction of sp³-hybridized carbons (Fsp3) is 0.429. The standard InChI is InChI=1S/C14H21N3O6S/c1-2-10-23-17(24(21)22)12(14(19)16-20)8-9-15-13(18)11-6-4-3-5-7-11/h3-7,12,20H,2,8-10H2,1H3,(H,15,18)(H,16,19)(H,21,22)/p-1/t12-/m1/s1. The summed E-state index contributed by atoms with van der Waals surface area (Å²) in [4.78, 5) is 28.6. The number of benzene rings is 1. The minimum atomic E-state index is -2.83. The first-order valence-corrected chi connectivity index (χ1v) is 8.33. The topological polar surface area (TPSA) is 131 Å². The summed E-state index contributed by atoms with van der Waals surface area (Å²) in [6.07, 6.45) is 0.453. The van der Waals surface area contributed by atoms with Crippen LogP contribution in [0, 0.1) is 0 Å². The van der Waals surface area contributed by atoms with Crippen molar-refractivity contribution in [1.29, 1.82) is 0 Å². The first-order chi connectivity index (χ1) is 11.5. The average Bonchev–Trinajstić information content (AvgIpc) is 2.60. The molecule has 1 aromatic rings. The number of carbonyl (C=O) groups is 2. The molecule has 9 nitrogen and oxygen atoms in total.